The molecule has 59 heavy (non-hydrogen) atoms. The van der Waals surface area contributed by atoms with E-state index < -0.39 is 11.9 Å². The molecule has 2 N–H and O–H groups in total. The summed E-state index contributed by atoms with van der Waals surface area (Å²) in [5.74, 6) is 0.499. The summed E-state index contributed by atoms with van der Waals surface area (Å²) in [5.41, 5.74) is 5.83. The fraction of sp³-hybridized carbons (Fsp3) is 0.477. The van der Waals surface area contributed by atoms with E-state index in [1.807, 2.05) is 22.7 Å². The van der Waals surface area contributed by atoms with Crippen molar-refractivity contribution in [1.82, 2.24) is 33.9 Å². The lowest BCUT2D eigenvalue weighted by atomic mass is 9.71. The molecule has 1 saturated carbocycles. The lowest BCUT2D eigenvalue weighted by Crippen LogP contribution is -2.48. The second-order valence-corrected chi connectivity index (χ2v) is 17.0. The highest BCUT2D eigenvalue weighted by molar-refractivity contribution is 6.05. The Morgan fingerprint density at radius 3 is 2.49 bits per heavy atom. The van der Waals surface area contributed by atoms with Gasteiger partial charge in [-0.1, -0.05) is 6.07 Å². The van der Waals surface area contributed by atoms with Gasteiger partial charge in [-0.15, -0.1) is 0 Å². The number of imide groups is 1. The molecular weight excluding hydrogens is 749 g/mol. The first-order valence-corrected chi connectivity index (χ1v) is 20.8. The van der Waals surface area contributed by atoms with Crippen LogP contribution in [0.4, 0.5) is 17.1 Å². The molecular formula is C44H50N10O5. The highest BCUT2D eigenvalue weighted by atomic mass is 16.5. The number of hydrogen-bond donors (Lipinski definition) is 2. The smallest absolute Gasteiger partial charge is 0.329 e. The predicted octanol–water partition coefficient (Wildman–Crippen LogP) is 5.83. The Morgan fingerprint density at radius 2 is 1.76 bits per heavy atom. The number of benzene rings is 1. The van der Waals surface area contributed by atoms with Crippen LogP contribution < -0.4 is 26.0 Å². The van der Waals surface area contributed by atoms with Gasteiger partial charge in [0.25, 0.3) is 5.91 Å². The second-order valence-electron chi connectivity index (χ2n) is 17.0. The molecule has 3 amide bonds. The monoisotopic (exact) mass is 798 g/mol. The minimum Gasteiger partial charge on any atom is -0.493 e. The number of nitrogens with one attached hydrogen (secondary N) is 2. The van der Waals surface area contributed by atoms with Gasteiger partial charge in [0.15, 0.2) is 5.75 Å². The molecule has 3 saturated heterocycles. The number of ether oxygens (including phenoxy) is 1. The summed E-state index contributed by atoms with van der Waals surface area (Å²) in [5, 5.41) is 10.3. The van der Waals surface area contributed by atoms with Crippen molar-refractivity contribution >= 4 is 51.3 Å². The van der Waals surface area contributed by atoms with E-state index in [0.717, 1.165) is 86.3 Å². The SMILES string of the molecule is [C-]#[N+]c1cncc(C(=O)Nc2cc3cc(C4CCC(CN5CCC6(CC5)CCN(c5cccc7c5n(C)c(=O)n7C5CCC(=O)NC5=O)CC6)CC4)nn3cc2OC)c1. The van der Waals surface area contributed by atoms with E-state index in [9.17, 15) is 19.2 Å². The average molecular weight is 799 g/mol. The Hall–Kier alpha value is -6.01. The Balaban J connectivity index is 0.777. The number of likely N-dealkylation sites (tertiary alicyclic amines) is 1. The number of nitrogens with zero attached hydrogens (tertiary/aromatic N) is 8. The van der Waals surface area contributed by atoms with Crippen LogP contribution in [0.15, 0.2) is 59.8 Å². The number of aryl methyl sites for hydroxylation is 1. The summed E-state index contributed by atoms with van der Waals surface area (Å²) >= 11 is 0. The molecule has 1 aliphatic carbocycles. The van der Waals surface area contributed by atoms with Crippen molar-refractivity contribution < 1.29 is 19.1 Å². The highest BCUT2D eigenvalue weighted by Crippen LogP contribution is 2.44. The zero-order valence-electron chi connectivity index (χ0n) is 33.7. The van der Waals surface area contributed by atoms with E-state index in [1.165, 1.54) is 44.1 Å². The first-order valence-electron chi connectivity index (χ1n) is 20.8. The third kappa shape index (κ3) is 7.35. The number of pyridine rings is 2. The van der Waals surface area contributed by atoms with Crippen LogP contribution in [0.3, 0.4) is 0 Å². The summed E-state index contributed by atoms with van der Waals surface area (Å²) in [6, 6.07) is 10.8. The minimum atomic E-state index is -0.689. The van der Waals surface area contributed by atoms with Gasteiger partial charge < -0.3 is 19.9 Å². The van der Waals surface area contributed by atoms with E-state index in [-0.39, 0.29) is 23.9 Å². The molecule has 5 aromatic rings. The maximum Gasteiger partial charge on any atom is 0.329 e. The van der Waals surface area contributed by atoms with Gasteiger partial charge in [0.05, 0.1) is 53.5 Å². The molecule has 0 bridgehead atoms. The van der Waals surface area contributed by atoms with Gasteiger partial charge in [-0.3, -0.25) is 33.8 Å². The molecule has 306 valence electrons. The van der Waals surface area contributed by atoms with Crippen LogP contribution in [0.25, 0.3) is 21.4 Å². The van der Waals surface area contributed by atoms with Gasteiger partial charge >= 0.3 is 5.69 Å². The summed E-state index contributed by atoms with van der Waals surface area (Å²) < 4.78 is 10.7. The second kappa shape index (κ2) is 15.6. The number of fused-ring (bicyclic) bond motifs is 2. The first kappa shape index (κ1) is 38.5. The highest BCUT2D eigenvalue weighted by Gasteiger charge is 2.39. The van der Waals surface area contributed by atoms with Gasteiger partial charge in [-0.05, 0) is 113 Å². The van der Waals surface area contributed by atoms with E-state index in [2.05, 4.69) is 42.4 Å². The number of anilines is 2. The third-order valence-corrected chi connectivity index (χ3v) is 13.6. The molecule has 4 fully saturated rings. The van der Waals surface area contributed by atoms with Crippen LogP contribution in [0.2, 0.25) is 0 Å². The van der Waals surface area contributed by atoms with Gasteiger partial charge in [-0.25, -0.2) is 14.2 Å². The van der Waals surface area contributed by atoms with Crippen molar-refractivity contribution in [3.05, 3.63) is 88.1 Å². The molecule has 1 unspecified atom stereocenters. The number of carbonyl (C=O) groups excluding carboxylic acids is 3. The minimum absolute atomic E-state index is 0.224. The van der Waals surface area contributed by atoms with Gasteiger partial charge in [-0.2, -0.15) is 5.10 Å². The summed E-state index contributed by atoms with van der Waals surface area (Å²) in [4.78, 5) is 63.6. The van der Waals surface area contributed by atoms with E-state index in [1.54, 1.807) is 29.5 Å². The van der Waals surface area contributed by atoms with Crippen LogP contribution in [0.1, 0.15) is 92.2 Å². The summed E-state index contributed by atoms with van der Waals surface area (Å²) in [6.45, 7) is 12.5. The topological polar surface area (TPSA) is 152 Å². The lowest BCUT2D eigenvalue weighted by molar-refractivity contribution is -0.135. The number of hydrogen-bond acceptors (Lipinski definition) is 9. The standard InChI is InChI=1S/C44H50N10O5/c1-45-31-21-30(24-46-25-31)41(56)47-34-23-32-22-33(49-53(32)27-38(34)59-3)29-9-7-28(8-10-29)26-51-17-13-44(14-18-51)15-19-52(20-16-44)35-5-4-6-36-40(35)50(2)43(58)54(36)37-11-12-39(55)48-42(37)57/h4-6,21-25,27-29,37H,7-20,26H2,2-3H3,(H,47,56)(H,48,55,57). The molecule has 4 aromatic heterocycles. The quantitative estimate of drug-likeness (QED) is 0.146. The lowest BCUT2D eigenvalue weighted by Gasteiger charge is -2.48. The largest absolute Gasteiger partial charge is 0.493 e. The molecule has 9 rings (SSSR count). The molecule has 1 spiro atoms. The Labute approximate surface area is 342 Å². The van der Waals surface area contributed by atoms with Crippen molar-refractivity contribution in [3.8, 4) is 5.75 Å². The van der Waals surface area contributed by atoms with Crippen LogP contribution in [0.5, 0.6) is 5.75 Å². The number of piperidine rings is 3. The molecule has 15 nitrogen and oxygen atoms in total. The Kier molecular flexibility index (Phi) is 10.2. The summed E-state index contributed by atoms with van der Waals surface area (Å²) in [7, 11) is 3.35. The van der Waals surface area contributed by atoms with Crippen molar-refractivity contribution in [1.29, 1.82) is 0 Å². The number of rotatable bonds is 8. The third-order valence-electron chi connectivity index (χ3n) is 13.6. The zero-order valence-corrected chi connectivity index (χ0v) is 33.7. The number of para-hydroxylation sites is 1. The number of aromatic nitrogens is 5. The van der Waals surface area contributed by atoms with Crippen LogP contribution in [-0.2, 0) is 16.6 Å². The van der Waals surface area contributed by atoms with Crippen molar-refractivity contribution in [2.24, 2.45) is 18.4 Å². The number of imidazole rings is 1. The summed E-state index contributed by atoms with van der Waals surface area (Å²) in [6.07, 6.45) is 14.4. The normalized spacial score (nSPS) is 22.4. The van der Waals surface area contributed by atoms with Crippen molar-refractivity contribution in [2.75, 3.05) is 50.1 Å². The molecule has 0 radical (unpaired) electrons. The van der Waals surface area contributed by atoms with Crippen molar-refractivity contribution in [2.45, 2.75) is 76.2 Å². The Morgan fingerprint density at radius 1 is 1.00 bits per heavy atom. The van der Waals surface area contributed by atoms with Gasteiger partial charge in [0.1, 0.15) is 6.04 Å². The predicted molar refractivity (Wildman–Crippen MR) is 223 cm³/mol. The van der Waals surface area contributed by atoms with Gasteiger partial charge in [0, 0.05) is 57.0 Å². The molecule has 7 heterocycles. The fourth-order valence-corrected chi connectivity index (χ4v) is 10.1. The van der Waals surface area contributed by atoms with Crippen LogP contribution in [-0.4, -0.2) is 86.2 Å². The molecule has 1 aromatic carbocycles. The van der Waals surface area contributed by atoms with Crippen LogP contribution in [0, 0.1) is 17.9 Å². The number of methoxy groups -OCH3 is 1. The van der Waals surface area contributed by atoms with Crippen LogP contribution >= 0.6 is 0 Å². The maximum atomic E-state index is 13.5. The maximum absolute atomic E-state index is 13.5. The Bertz CT molecular complexity index is 2540. The number of amides is 3. The zero-order chi connectivity index (χ0) is 40.8. The molecule has 3 aliphatic heterocycles. The molecule has 1 atom stereocenters. The van der Waals surface area contributed by atoms with E-state index in [0.29, 0.717) is 46.4 Å². The van der Waals surface area contributed by atoms with E-state index in [4.69, 9.17) is 16.4 Å². The van der Waals surface area contributed by atoms with Gasteiger partial charge in [0.2, 0.25) is 17.5 Å². The first-order chi connectivity index (χ1) is 28.6. The van der Waals surface area contributed by atoms with Crippen molar-refractivity contribution in [3.63, 3.8) is 0 Å². The molecule has 15 heteroatoms. The fourth-order valence-electron chi connectivity index (χ4n) is 10.1. The average Bonchev–Trinajstić information content (AvgIpc) is 3.79. The number of carbonyl (C=O) groups is 3. The van der Waals surface area contributed by atoms with E-state index >= 15 is 0 Å². The molecule has 4 aliphatic rings.